The molecule has 2 N–H and O–H groups in total. The predicted octanol–water partition coefficient (Wildman–Crippen LogP) is 2.23. The molecule has 104 valence electrons. The van der Waals surface area contributed by atoms with Crippen molar-refractivity contribution in [3.63, 3.8) is 0 Å². The minimum atomic E-state index is -0.821. The van der Waals surface area contributed by atoms with Gasteiger partial charge in [-0.3, -0.25) is 4.79 Å². The van der Waals surface area contributed by atoms with E-state index in [1.54, 1.807) is 0 Å². The van der Waals surface area contributed by atoms with E-state index < -0.39 is 28.6 Å². The maximum absolute atomic E-state index is 13.9. The van der Waals surface area contributed by atoms with Crippen molar-refractivity contribution in [3.8, 4) is 0 Å². The van der Waals surface area contributed by atoms with E-state index in [9.17, 15) is 13.6 Å². The lowest BCUT2D eigenvalue weighted by atomic mass is 9.86. The molecule has 0 bridgehead atoms. The average Bonchev–Trinajstić information content (AvgIpc) is 2.31. The molecular formula is C14H18F2N2O. The van der Waals surface area contributed by atoms with Gasteiger partial charge in [-0.15, -0.1) is 0 Å². The lowest BCUT2D eigenvalue weighted by molar-refractivity contribution is 0.0377. The molecule has 2 rings (SSSR count). The van der Waals surface area contributed by atoms with Crippen LogP contribution in [0.15, 0.2) is 12.1 Å². The maximum atomic E-state index is 13.9. The highest BCUT2D eigenvalue weighted by Crippen LogP contribution is 2.27. The number of hydrogen-bond acceptors (Lipinski definition) is 2. The summed E-state index contributed by atoms with van der Waals surface area (Å²) in [5, 5.41) is 0. The summed E-state index contributed by atoms with van der Waals surface area (Å²) in [6.07, 6.45) is 1.72. The summed E-state index contributed by atoms with van der Waals surface area (Å²) in [4.78, 5) is 13.5. The molecule has 5 heteroatoms. The van der Waals surface area contributed by atoms with E-state index in [1.165, 1.54) is 17.9 Å². The van der Waals surface area contributed by atoms with Crippen LogP contribution in [-0.2, 0) is 0 Å². The van der Waals surface area contributed by atoms with Crippen molar-refractivity contribution in [1.29, 1.82) is 0 Å². The van der Waals surface area contributed by atoms with Gasteiger partial charge in [-0.25, -0.2) is 8.78 Å². The van der Waals surface area contributed by atoms with Gasteiger partial charge in [0.2, 0.25) is 0 Å². The summed E-state index contributed by atoms with van der Waals surface area (Å²) >= 11 is 0. The van der Waals surface area contributed by atoms with Crippen molar-refractivity contribution >= 4 is 5.91 Å². The molecule has 1 fully saturated rings. The molecule has 0 spiro atoms. The monoisotopic (exact) mass is 268 g/mol. The van der Waals surface area contributed by atoms with Gasteiger partial charge in [-0.2, -0.15) is 0 Å². The molecule has 0 aliphatic carbocycles. The van der Waals surface area contributed by atoms with Gasteiger partial charge in [0, 0.05) is 13.1 Å². The molecule has 0 unspecified atom stereocenters. The number of rotatable bonds is 3. The molecule has 19 heavy (non-hydrogen) atoms. The number of carbonyl (C=O) groups is 1. The van der Waals surface area contributed by atoms with Crippen LogP contribution in [0.2, 0.25) is 0 Å². The lowest BCUT2D eigenvalue weighted by Crippen LogP contribution is -2.68. The Hall–Kier alpha value is -1.49. The highest BCUT2D eigenvalue weighted by atomic mass is 19.1. The number of halogens is 2. The molecule has 1 saturated heterocycles. The number of aryl methyl sites for hydroxylation is 1. The topological polar surface area (TPSA) is 46.3 Å². The van der Waals surface area contributed by atoms with E-state index in [-0.39, 0.29) is 5.56 Å². The largest absolute Gasteiger partial charge is 0.335 e. The number of nitrogens with two attached hydrogens (primary N) is 1. The molecule has 1 heterocycles. The average molecular weight is 268 g/mol. The fraction of sp³-hybridized carbons (Fsp3) is 0.500. The van der Waals surface area contributed by atoms with Gasteiger partial charge in [0.05, 0.1) is 5.54 Å². The van der Waals surface area contributed by atoms with Crippen LogP contribution in [-0.4, -0.2) is 29.4 Å². The quantitative estimate of drug-likeness (QED) is 0.913. The first-order chi connectivity index (χ1) is 8.88. The molecule has 1 aromatic carbocycles. The van der Waals surface area contributed by atoms with Gasteiger partial charge in [0.25, 0.3) is 5.91 Å². The third kappa shape index (κ3) is 2.47. The van der Waals surface area contributed by atoms with Gasteiger partial charge < -0.3 is 10.6 Å². The SMILES string of the molecule is CCCC1(N)CN(C(=O)c2c(F)ccc(C)c2F)C1. The van der Waals surface area contributed by atoms with Crippen molar-refractivity contribution < 1.29 is 13.6 Å². The van der Waals surface area contributed by atoms with Crippen molar-refractivity contribution in [3.05, 3.63) is 34.9 Å². The number of amides is 1. The summed E-state index contributed by atoms with van der Waals surface area (Å²) < 4.78 is 27.5. The number of benzene rings is 1. The Balaban J connectivity index is 2.17. The Labute approximate surface area is 111 Å². The molecule has 1 aliphatic rings. The molecule has 3 nitrogen and oxygen atoms in total. The Morgan fingerprint density at radius 3 is 2.63 bits per heavy atom. The van der Waals surface area contributed by atoms with Crippen molar-refractivity contribution in [2.45, 2.75) is 32.2 Å². The third-order valence-electron chi connectivity index (χ3n) is 3.54. The highest BCUT2D eigenvalue weighted by Gasteiger charge is 2.42. The van der Waals surface area contributed by atoms with E-state index in [1.807, 2.05) is 6.92 Å². The minimum Gasteiger partial charge on any atom is -0.335 e. The fourth-order valence-corrected chi connectivity index (χ4v) is 2.52. The molecule has 1 aliphatic heterocycles. The van der Waals surface area contributed by atoms with Crippen LogP contribution >= 0.6 is 0 Å². The van der Waals surface area contributed by atoms with Crippen molar-refractivity contribution in [2.75, 3.05) is 13.1 Å². The zero-order chi connectivity index (χ0) is 14.2. The summed E-state index contributed by atoms with van der Waals surface area (Å²) in [6.45, 7) is 4.23. The lowest BCUT2D eigenvalue weighted by Gasteiger charge is -2.47. The van der Waals surface area contributed by atoms with Crippen LogP contribution in [0.3, 0.4) is 0 Å². The second-order valence-corrected chi connectivity index (χ2v) is 5.33. The van der Waals surface area contributed by atoms with Crippen LogP contribution in [0.25, 0.3) is 0 Å². The van der Waals surface area contributed by atoms with E-state index in [0.29, 0.717) is 13.1 Å². The first-order valence-corrected chi connectivity index (χ1v) is 6.41. The number of nitrogens with zero attached hydrogens (tertiary/aromatic N) is 1. The maximum Gasteiger partial charge on any atom is 0.259 e. The molecule has 0 aromatic heterocycles. The number of carbonyl (C=O) groups excluding carboxylic acids is 1. The zero-order valence-corrected chi connectivity index (χ0v) is 11.2. The van der Waals surface area contributed by atoms with Crippen molar-refractivity contribution in [2.24, 2.45) is 5.73 Å². The highest BCUT2D eigenvalue weighted by molar-refractivity contribution is 5.95. The number of likely N-dealkylation sites (tertiary alicyclic amines) is 1. The predicted molar refractivity (Wildman–Crippen MR) is 68.8 cm³/mol. The normalized spacial score (nSPS) is 17.2. The zero-order valence-electron chi connectivity index (χ0n) is 11.2. The molecule has 0 saturated carbocycles. The Kier molecular flexibility index (Phi) is 3.58. The van der Waals surface area contributed by atoms with E-state index in [0.717, 1.165) is 18.9 Å². The van der Waals surface area contributed by atoms with Crippen LogP contribution < -0.4 is 5.73 Å². The van der Waals surface area contributed by atoms with Gasteiger partial charge in [-0.1, -0.05) is 19.4 Å². The first kappa shape index (κ1) is 13.9. The van der Waals surface area contributed by atoms with Gasteiger partial charge in [-0.05, 0) is 25.0 Å². The summed E-state index contributed by atoms with van der Waals surface area (Å²) in [7, 11) is 0. The van der Waals surface area contributed by atoms with Crippen LogP contribution in [0.1, 0.15) is 35.7 Å². The fourth-order valence-electron chi connectivity index (χ4n) is 2.52. The van der Waals surface area contributed by atoms with Gasteiger partial charge in [0.15, 0.2) is 0 Å². The van der Waals surface area contributed by atoms with Gasteiger partial charge in [0.1, 0.15) is 17.2 Å². The molecule has 1 amide bonds. The molecule has 0 atom stereocenters. The van der Waals surface area contributed by atoms with E-state index in [4.69, 9.17) is 5.73 Å². The third-order valence-corrected chi connectivity index (χ3v) is 3.54. The smallest absolute Gasteiger partial charge is 0.259 e. The molecule has 1 aromatic rings. The van der Waals surface area contributed by atoms with Gasteiger partial charge >= 0.3 is 0 Å². The van der Waals surface area contributed by atoms with E-state index in [2.05, 4.69) is 0 Å². The number of hydrogen-bond donors (Lipinski definition) is 1. The van der Waals surface area contributed by atoms with Crippen molar-refractivity contribution in [1.82, 2.24) is 4.90 Å². The molecular weight excluding hydrogens is 250 g/mol. The first-order valence-electron chi connectivity index (χ1n) is 6.41. The van der Waals surface area contributed by atoms with Crippen LogP contribution in [0, 0.1) is 18.6 Å². The van der Waals surface area contributed by atoms with Crippen LogP contribution in [0.4, 0.5) is 8.78 Å². The summed E-state index contributed by atoms with van der Waals surface area (Å²) in [6, 6.07) is 2.44. The summed E-state index contributed by atoms with van der Waals surface area (Å²) in [5.74, 6) is -2.22. The minimum absolute atomic E-state index is 0.262. The second kappa shape index (κ2) is 4.89. The Morgan fingerprint density at radius 2 is 2.05 bits per heavy atom. The Bertz CT molecular complexity index is 510. The summed E-state index contributed by atoms with van der Waals surface area (Å²) in [5.41, 5.74) is 5.43. The van der Waals surface area contributed by atoms with Crippen LogP contribution in [0.5, 0.6) is 0 Å². The Morgan fingerprint density at radius 1 is 1.42 bits per heavy atom. The second-order valence-electron chi connectivity index (χ2n) is 5.33. The molecule has 0 radical (unpaired) electrons. The standard InChI is InChI=1S/C14H18F2N2O/c1-3-6-14(17)7-18(8-14)13(19)11-10(15)5-4-9(2)12(11)16/h4-5H,3,6-8,17H2,1-2H3. The van der Waals surface area contributed by atoms with E-state index >= 15 is 0 Å².